The van der Waals surface area contributed by atoms with E-state index < -0.39 is 6.04 Å². The van der Waals surface area contributed by atoms with Gasteiger partial charge in [-0.15, -0.1) is 0 Å². The van der Waals surface area contributed by atoms with Crippen LogP contribution in [-0.2, 0) is 16.0 Å². The molecular weight excluding hydrogens is 271 g/mol. The second-order valence-corrected chi connectivity index (χ2v) is 6.47. The van der Waals surface area contributed by atoms with E-state index in [0.29, 0.717) is 18.5 Å². The first kappa shape index (κ1) is 15.5. The molecule has 0 aliphatic carbocycles. The SMILES string of the molecule is CC(C)(C)C1NC(=O)CN(CCc2ccccc2F)C1=O. The molecule has 1 aliphatic heterocycles. The summed E-state index contributed by atoms with van der Waals surface area (Å²) in [5, 5.41) is 2.74. The molecule has 0 saturated carbocycles. The zero-order valence-corrected chi connectivity index (χ0v) is 12.6. The summed E-state index contributed by atoms with van der Waals surface area (Å²) in [4.78, 5) is 25.7. The maximum atomic E-state index is 13.6. The summed E-state index contributed by atoms with van der Waals surface area (Å²) in [6.07, 6.45) is 0.405. The lowest BCUT2D eigenvalue weighted by molar-refractivity contribution is -0.147. The van der Waals surface area contributed by atoms with Gasteiger partial charge in [-0.3, -0.25) is 9.59 Å². The van der Waals surface area contributed by atoms with Crippen LogP contribution in [0.15, 0.2) is 24.3 Å². The number of carbonyl (C=O) groups excluding carboxylic acids is 2. The van der Waals surface area contributed by atoms with E-state index in [0.717, 1.165) is 0 Å². The fourth-order valence-electron chi connectivity index (χ4n) is 2.43. The highest BCUT2D eigenvalue weighted by Crippen LogP contribution is 2.23. The first-order chi connectivity index (χ1) is 9.79. The van der Waals surface area contributed by atoms with Gasteiger partial charge in [-0.2, -0.15) is 0 Å². The number of hydrogen-bond acceptors (Lipinski definition) is 2. The minimum atomic E-state index is -0.528. The summed E-state index contributed by atoms with van der Waals surface area (Å²) >= 11 is 0. The van der Waals surface area contributed by atoms with Gasteiger partial charge in [0.05, 0.1) is 6.54 Å². The van der Waals surface area contributed by atoms with Gasteiger partial charge in [0.1, 0.15) is 11.9 Å². The number of nitrogens with zero attached hydrogens (tertiary/aromatic N) is 1. The smallest absolute Gasteiger partial charge is 0.246 e. The molecule has 114 valence electrons. The second-order valence-electron chi connectivity index (χ2n) is 6.47. The van der Waals surface area contributed by atoms with E-state index in [4.69, 9.17) is 0 Å². The van der Waals surface area contributed by atoms with Gasteiger partial charge in [-0.25, -0.2) is 4.39 Å². The molecule has 4 nitrogen and oxygen atoms in total. The predicted molar refractivity (Wildman–Crippen MR) is 78.1 cm³/mol. The fraction of sp³-hybridized carbons (Fsp3) is 0.500. The largest absolute Gasteiger partial charge is 0.342 e. The van der Waals surface area contributed by atoms with Crippen LogP contribution in [0.5, 0.6) is 0 Å². The molecular formula is C16H21FN2O2. The van der Waals surface area contributed by atoms with Crippen LogP contribution >= 0.6 is 0 Å². The Labute approximate surface area is 124 Å². The van der Waals surface area contributed by atoms with E-state index in [2.05, 4.69) is 5.32 Å². The molecule has 1 aliphatic rings. The summed E-state index contributed by atoms with van der Waals surface area (Å²) in [5.74, 6) is -0.541. The Morgan fingerprint density at radius 3 is 2.57 bits per heavy atom. The van der Waals surface area contributed by atoms with Crippen molar-refractivity contribution in [1.29, 1.82) is 0 Å². The molecule has 1 aromatic rings. The van der Waals surface area contributed by atoms with Crippen molar-refractivity contribution >= 4 is 11.8 Å². The second kappa shape index (κ2) is 5.84. The lowest BCUT2D eigenvalue weighted by Crippen LogP contribution is -2.62. The number of rotatable bonds is 3. The average Bonchev–Trinajstić information content (AvgIpc) is 2.39. The number of nitrogens with one attached hydrogen (secondary N) is 1. The first-order valence-electron chi connectivity index (χ1n) is 7.10. The molecule has 5 heteroatoms. The average molecular weight is 292 g/mol. The van der Waals surface area contributed by atoms with Crippen LogP contribution in [0.2, 0.25) is 0 Å². The number of amides is 2. The molecule has 2 amide bonds. The van der Waals surface area contributed by atoms with E-state index >= 15 is 0 Å². The Balaban J connectivity index is 2.07. The van der Waals surface area contributed by atoms with Crippen LogP contribution < -0.4 is 5.32 Å². The molecule has 1 aromatic carbocycles. The minimum absolute atomic E-state index is 0.0415. The molecule has 0 aromatic heterocycles. The minimum Gasteiger partial charge on any atom is -0.342 e. The van der Waals surface area contributed by atoms with Crippen molar-refractivity contribution in [3.05, 3.63) is 35.6 Å². The molecule has 1 fully saturated rings. The molecule has 1 saturated heterocycles. The Kier molecular flexibility index (Phi) is 4.30. The molecule has 1 N–H and O–H groups in total. The van der Waals surface area contributed by atoms with Gasteiger partial charge >= 0.3 is 0 Å². The van der Waals surface area contributed by atoms with Crippen LogP contribution in [-0.4, -0.2) is 35.8 Å². The van der Waals surface area contributed by atoms with Crippen molar-refractivity contribution in [2.45, 2.75) is 33.2 Å². The highest BCUT2D eigenvalue weighted by molar-refractivity contribution is 5.95. The lowest BCUT2D eigenvalue weighted by atomic mass is 9.84. The van der Waals surface area contributed by atoms with Crippen LogP contribution in [0.25, 0.3) is 0 Å². The molecule has 21 heavy (non-hydrogen) atoms. The van der Waals surface area contributed by atoms with Crippen molar-refractivity contribution in [3.63, 3.8) is 0 Å². The van der Waals surface area contributed by atoms with Gasteiger partial charge in [0.2, 0.25) is 11.8 Å². The molecule has 1 unspecified atom stereocenters. The maximum Gasteiger partial charge on any atom is 0.246 e. The number of carbonyl (C=O) groups is 2. The predicted octanol–water partition coefficient (Wildman–Crippen LogP) is 1.74. The highest BCUT2D eigenvalue weighted by Gasteiger charge is 2.39. The normalized spacial score (nSPS) is 19.6. The highest BCUT2D eigenvalue weighted by atomic mass is 19.1. The van der Waals surface area contributed by atoms with Gasteiger partial charge in [-0.1, -0.05) is 39.0 Å². The van der Waals surface area contributed by atoms with Crippen molar-refractivity contribution in [1.82, 2.24) is 10.2 Å². The molecule has 0 bridgehead atoms. The third kappa shape index (κ3) is 3.60. The molecule has 1 heterocycles. The van der Waals surface area contributed by atoms with Crippen LogP contribution in [0.4, 0.5) is 4.39 Å². The number of hydrogen-bond donors (Lipinski definition) is 1. The van der Waals surface area contributed by atoms with Crippen molar-refractivity contribution in [2.24, 2.45) is 5.41 Å². The third-order valence-electron chi connectivity index (χ3n) is 3.67. The van der Waals surface area contributed by atoms with E-state index in [1.807, 2.05) is 20.8 Å². The van der Waals surface area contributed by atoms with Crippen molar-refractivity contribution < 1.29 is 14.0 Å². The lowest BCUT2D eigenvalue weighted by Gasteiger charge is -2.38. The molecule has 0 spiro atoms. The summed E-state index contributed by atoms with van der Waals surface area (Å²) in [7, 11) is 0. The summed E-state index contributed by atoms with van der Waals surface area (Å²) in [6.45, 7) is 6.13. The molecule has 1 atom stereocenters. The number of benzene rings is 1. The maximum absolute atomic E-state index is 13.6. The van der Waals surface area contributed by atoms with Gasteiger partial charge in [0.25, 0.3) is 0 Å². The van der Waals surface area contributed by atoms with E-state index in [1.165, 1.54) is 11.0 Å². The quantitative estimate of drug-likeness (QED) is 0.922. The van der Waals surface area contributed by atoms with Crippen molar-refractivity contribution in [3.8, 4) is 0 Å². The van der Waals surface area contributed by atoms with Gasteiger partial charge in [0.15, 0.2) is 0 Å². The Morgan fingerprint density at radius 1 is 1.29 bits per heavy atom. The zero-order valence-electron chi connectivity index (χ0n) is 12.6. The van der Waals surface area contributed by atoms with E-state index in [1.54, 1.807) is 18.2 Å². The van der Waals surface area contributed by atoms with Gasteiger partial charge < -0.3 is 10.2 Å². The standard InChI is InChI=1S/C16H21FN2O2/c1-16(2,3)14-15(21)19(10-13(20)18-14)9-8-11-6-4-5-7-12(11)17/h4-7,14H,8-10H2,1-3H3,(H,18,20). The fourth-order valence-corrected chi connectivity index (χ4v) is 2.43. The van der Waals surface area contributed by atoms with Crippen LogP contribution in [0, 0.1) is 11.2 Å². The molecule has 0 radical (unpaired) electrons. The van der Waals surface area contributed by atoms with Gasteiger partial charge in [0, 0.05) is 6.54 Å². The van der Waals surface area contributed by atoms with Gasteiger partial charge in [-0.05, 0) is 23.5 Å². The Morgan fingerprint density at radius 2 is 1.95 bits per heavy atom. The van der Waals surface area contributed by atoms with Crippen LogP contribution in [0.3, 0.4) is 0 Å². The number of halogens is 1. The zero-order chi connectivity index (χ0) is 15.6. The van der Waals surface area contributed by atoms with E-state index in [9.17, 15) is 14.0 Å². The number of piperazine rings is 1. The Hall–Kier alpha value is -1.91. The monoisotopic (exact) mass is 292 g/mol. The Bertz CT molecular complexity index is 551. The first-order valence-corrected chi connectivity index (χ1v) is 7.10. The van der Waals surface area contributed by atoms with Crippen molar-refractivity contribution in [2.75, 3.05) is 13.1 Å². The summed E-state index contributed by atoms with van der Waals surface area (Å²) in [5.41, 5.74) is 0.215. The molecule has 2 rings (SSSR count). The summed E-state index contributed by atoms with van der Waals surface area (Å²) in [6, 6.07) is 5.97. The van der Waals surface area contributed by atoms with E-state index in [-0.39, 0.29) is 29.6 Å². The third-order valence-corrected chi connectivity index (χ3v) is 3.67. The summed E-state index contributed by atoms with van der Waals surface area (Å²) < 4.78 is 13.6. The topological polar surface area (TPSA) is 49.4 Å². The van der Waals surface area contributed by atoms with Crippen LogP contribution in [0.1, 0.15) is 26.3 Å².